The second kappa shape index (κ2) is 12.8. The van der Waals surface area contributed by atoms with Crippen molar-refractivity contribution in [1.29, 1.82) is 0 Å². The molecule has 4 aromatic heterocycles. The highest BCUT2D eigenvalue weighted by Gasteiger charge is 2.36. The number of benzene rings is 8. The lowest BCUT2D eigenvalue weighted by atomic mass is 9.82. The number of thiophene rings is 1. The van der Waals surface area contributed by atoms with Gasteiger partial charge in [0, 0.05) is 55.2 Å². The summed E-state index contributed by atoms with van der Waals surface area (Å²) in [5, 5.41) is 8.41. The third kappa shape index (κ3) is 4.95. The van der Waals surface area contributed by atoms with E-state index < -0.39 is 0 Å². The Kier molecular flexibility index (Phi) is 7.20. The maximum absolute atomic E-state index is 5.45. The highest BCUT2D eigenvalue weighted by molar-refractivity contribution is 7.26. The normalized spacial score (nSPS) is 13.2. The zero-order chi connectivity index (χ0) is 40.4. The summed E-state index contributed by atoms with van der Waals surface area (Å²) < 4.78 is 4.71. The number of hydrogen-bond donors (Lipinski definition) is 0. The summed E-state index contributed by atoms with van der Waals surface area (Å²) in [4.78, 5) is 15.2. The van der Waals surface area contributed by atoms with Crippen LogP contribution in [0.15, 0.2) is 182 Å². The van der Waals surface area contributed by atoms with Crippen LogP contribution in [0, 0.1) is 0 Å². The molecular formula is C56H36N4S. The first-order chi connectivity index (χ1) is 30.0. The largest absolute Gasteiger partial charge is 0.309 e. The van der Waals surface area contributed by atoms with Crippen LogP contribution in [-0.2, 0) is 5.41 Å². The second-order valence-corrected chi connectivity index (χ2v) is 17.8. The van der Waals surface area contributed by atoms with Gasteiger partial charge in [0.2, 0.25) is 0 Å². The first-order valence-electron chi connectivity index (χ1n) is 20.8. The van der Waals surface area contributed by atoms with Crippen LogP contribution in [0.1, 0.15) is 25.0 Å². The maximum Gasteiger partial charge on any atom is 0.160 e. The van der Waals surface area contributed by atoms with Gasteiger partial charge in [-0.3, -0.25) is 4.98 Å². The molecule has 0 spiro atoms. The summed E-state index contributed by atoms with van der Waals surface area (Å²) in [6, 6.07) is 62.1. The van der Waals surface area contributed by atoms with Gasteiger partial charge < -0.3 is 4.57 Å². The number of pyridine rings is 1. The van der Waals surface area contributed by atoms with Crippen LogP contribution in [0.5, 0.6) is 0 Å². The Morgan fingerprint density at radius 2 is 1.21 bits per heavy atom. The fourth-order valence-corrected chi connectivity index (χ4v) is 11.3. The molecule has 0 aliphatic heterocycles. The zero-order valence-electron chi connectivity index (χ0n) is 33.5. The third-order valence-electron chi connectivity index (χ3n) is 13.1. The van der Waals surface area contributed by atoms with Gasteiger partial charge in [-0.05, 0) is 98.1 Å². The van der Waals surface area contributed by atoms with Gasteiger partial charge in [-0.15, -0.1) is 11.3 Å². The van der Waals surface area contributed by atoms with Crippen molar-refractivity contribution in [2.45, 2.75) is 19.3 Å². The molecule has 12 aromatic rings. The standard InChI is InChI=1S/C56H36N4S/c1-56(2)45-19-9-7-17-42(45)51-37(18-11-20-46(51)56)36-22-25-50-44(31-36)53-54(61-50)52(58-55(59-53)33-26-28-57-29-27-33)41-23-24-48(39-15-6-5-14-38(39)41)60-47-21-10-8-16-40(47)43-30-34-12-3-4-13-35(34)32-49(43)60/h3-32H,1-2H3. The van der Waals surface area contributed by atoms with E-state index in [1.54, 1.807) is 11.3 Å². The van der Waals surface area contributed by atoms with Crippen molar-refractivity contribution in [2.75, 3.05) is 0 Å². The fraction of sp³-hybridized carbons (Fsp3) is 0.0536. The molecule has 0 radical (unpaired) electrons. The van der Waals surface area contributed by atoms with Gasteiger partial charge in [0.1, 0.15) is 0 Å². The van der Waals surface area contributed by atoms with E-state index >= 15 is 0 Å². The Labute approximate surface area is 356 Å². The molecule has 0 saturated heterocycles. The summed E-state index contributed by atoms with van der Waals surface area (Å²) in [7, 11) is 0. The van der Waals surface area contributed by atoms with Crippen LogP contribution >= 0.6 is 11.3 Å². The molecular weight excluding hydrogens is 761 g/mol. The van der Waals surface area contributed by atoms with Gasteiger partial charge in [-0.2, -0.15) is 0 Å². The molecule has 0 unspecified atom stereocenters. The number of para-hydroxylation sites is 1. The number of fused-ring (bicyclic) bond motifs is 11. The molecule has 8 aromatic carbocycles. The predicted octanol–water partition coefficient (Wildman–Crippen LogP) is 15.0. The molecule has 0 amide bonds. The lowest BCUT2D eigenvalue weighted by Crippen LogP contribution is -2.14. The van der Waals surface area contributed by atoms with Crippen molar-refractivity contribution in [3.05, 3.63) is 193 Å². The van der Waals surface area contributed by atoms with E-state index in [0.717, 1.165) is 48.9 Å². The Morgan fingerprint density at radius 1 is 0.492 bits per heavy atom. The van der Waals surface area contributed by atoms with E-state index in [4.69, 9.17) is 9.97 Å². The molecule has 1 aliphatic carbocycles. The molecule has 1 aliphatic rings. The van der Waals surface area contributed by atoms with Crippen molar-refractivity contribution >= 4 is 75.0 Å². The maximum atomic E-state index is 5.45. The summed E-state index contributed by atoms with van der Waals surface area (Å²) in [5.74, 6) is 0.689. The molecule has 286 valence electrons. The first kappa shape index (κ1) is 34.4. The van der Waals surface area contributed by atoms with Crippen molar-refractivity contribution in [3.8, 4) is 50.6 Å². The first-order valence-corrected chi connectivity index (χ1v) is 21.7. The molecule has 0 N–H and O–H groups in total. The highest BCUT2D eigenvalue weighted by atomic mass is 32.1. The Hall–Kier alpha value is -7.47. The van der Waals surface area contributed by atoms with Crippen molar-refractivity contribution in [1.82, 2.24) is 19.5 Å². The van der Waals surface area contributed by atoms with Crippen LogP contribution in [0.4, 0.5) is 0 Å². The molecule has 61 heavy (non-hydrogen) atoms. The summed E-state index contributed by atoms with van der Waals surface area (Å²) >= 11 is 1.78. The summed E-state index contributed by atoms with van der Waals surface area (Å²) in [5.41, 5.74) is 15.2. The van der Waals surface area contributed by atoms with E-state index in [2.05, 4.69) is 181 Å². The van der Waals surface area contributed by atoms with Gasteiger partial charge in [0.15, 0.2) is 5.82 Å². The predicted molar refractivity (Wildman–Crippen MR) is 256 cm³/mol. The quantitative estimate of drug-likeness (QED) is 0.178. The minimum absolute atomic E-state index is 0.0725. The number of nitrogens with zero attached hydrogens (tertiary/aromatic N) is 4. The molecule has 0 fully saturated rings. The second-order valence-electron chi connectivity index (χ2n) is 16.8. The average Bonchev–Trinajstić information content (AvgIpc) is 3.92. The minimum Gasteiger partial charge on any atom is -0.309 e. The van der Waals surface area contributed by atoms with Crippen molar-refractivity contribution < 1.29 is 0 Å². The van der Waals surface area contributed by atoms with Crippen LogP contribution in [0.3, 0.4) is 0 Å². The Balaban J connectivity index is 1.06. The number of rotatable bonds is 4. The van der Waals surface area contributed by atoms with Crippen LogP contribution in [0.2, 0.25) is 0 Å². The summed E-state index contributed by atoms with van der Waals surface area (Å²) in [6.07, 6.45) is 3.64. The van der Waals surface area contributed by atoms with E-state index in [9.17, 15) is 0 Å². The van der Waals surface area contributed by atoms with E-state index in [1.807, 2.05) is 24.5 Å². The SMILES string of the molecule is CC1(C)c2ccccc2-c2c(-c3ccc4sc5c(-c6ccc(-n7c8ccccc8c8cc9ccccc9cc87)c7ccccc67)nc(-c6ccncc6)nc5c4c3)cccc21. The van der Waals surface area contributed by atoms with Gasteiger partial charge in [0.05, 0.1) is 32.6 Å². The van der Waals surface area contributed by atoms with Crippen LogP contribution in [0.25, 0.3) is 114 Å². The fourth-order valence-electron chi connectivity index (χ4n) is 10.2. The number of hydrogen-bond acceptors (Lipinski definition) is 4. The van der Waals surface area contributed by atoms with Crippen molar-refractivity contribution in [2.24, 2.45) is 0 Å². The topological polar surface area (TPSA) is 43.6 Å². The summed E-state index contributed by atoms with van der Waals surface area (Å²) in [6.45, 7) is 4.69. The average molecular weight is 797 g/mol. The molecule has 0 saturated carbocycles. The zero-order valence-corrected chi connectivity index (χ0v) is 34.3. The molecule has 4 nitrogen and oxygen atoms in total. The number of aromatic nitrogens is 4. The molecule has 0 atom stereocenters. The van der Waals surface area contributed by atoms with Crippen molar-refractivity contribution in [3.63, 3.8) is 0 Å². The van der Waals surface area contributed by atoms with Gasteiger partial charge in [-0.25, -0.2) is 9.97 Å². The van der Waals surface area contributed by atoms with E-state index in [0.29, 0.717) is 5.82 Å². The van der Waals surface area contributed by atoms with Crippen LogP contribution in [-0.4, -0.2) is 19.5 Å². The third-order valence-corrected chi connectivity index (χ3v) is 14.3. The van der Waals surface area contributed by atoms with Crippen LogP contribution < -0.4 is 0 Å². The van der Waals surface area contributed by atoms with E-state index in [-0.39, 0.29) is 5.41 Å². The molecule has 5 heteroatoms. The van der Waals surface area contributed by atoms with Gasteiger partial charge in [-0.1, -0.05) is 135 Å². The Morgan fingerprint density at radius 3 is 2.08 bits per heavy atom. The molecule has 0 bridgehead atoms. The molecule has 13 rings (SSSR count). The monoisotopic (exact) mass is 796 g/mol. The highest BCUT2D eigenvalue weighted by Crippen LogP contribution is 2.53. The Bertz CT molecular complexity index is 3800. The minimum atomic E-state index is -0.0725. The van der Waals surface area contributed by atoms with E-state index in [1.165, 1.54) is 70.7 Å². The van der Waals surface area contributed by atoms with Gasteiger partial charge >= 0.3 is 0 Å². The lowest BCUT2D eigenvalue weighted by molar-refractivity contribution is 0.660. The molecule has 4 heterocycles. The van der Waals surface area contributed by atoms with Gasteiger partial charge in [0.25, 0.3) is 0 Å². The smallest absolute Gasteiger partial charge is 0.160 e. The lowest BCUT2D eigenvalue weighted by Gasteiger charge is -2.21.